The normalized spacial score (nSPS) is 27.9. The minimum Gasteiger partial charge on any atom is -0.311 e. The molecular weight excluding hydrogens is 237 g/mol. The van der Waals surface area contributed by atoms with E-state index in [1.807, 2.05) is 6.07 Å². The van der Waals surface area contributed by atoms with Crippen LogP contribution in [0.4, 0.5) is 4.39 Å². The van der Waals surface area contributed by atoms with Crippen LogP contribution in [0.2, 0.25) is 0 Å². The van der Waals surface area contributed by atoms with E-state index < -0.39 is 0 Å². The molecule has 0 bridgehead atoms. The molecule has 0 saturated heterocycles. The summed E-state index contributed by atoms with van der Waals surface area (Å²) < 4.78 is 13.2. The van der Waals surface area contributed by atoms with Crippen LogP contribution in [0, 0.1) is 11.7 Å². The van der Waals surface area contributed by atoms with Gasteiger partial charge in [0.25, 0.3) is 0 Å². The van der Waals surface area contributed by atoms with E-state index in [1.165, 1.54) is 50.2 Å². The Hall–Kier alpha value is -0.890. The predicted molar refractivity (Wildman–Crippen MR) is 76.7 cm³/mol. The van der Waals surface area contributed by atoms with Gasteiger partial charge in [-0.25, -0.2) is 4.39 Å². The summed E-state index contributed by atoms with van der Waals surface area (Å²) in [6, 6.07) is 8.46. The summed E-state index contributed by atoms with van der Waals surface area (Å²) in [5.74, 6) is 1.46. The van der Waals surface area contributed by atoms with E-state index in [2.05, 4.69) is 18.3 Å². The SMILES string of the molecule is CCC(CC1CC1)NC1CC(c2cccc(F)c2)C1. The third-order valence-corrected chi connectivity index (χ3v) is 4.74. The number of hydrogen-bond donors (Lipinski definition) is 1. The lowest BCUT2D eigenvalue weighted by atomic mass is 9.75. The number of benzene rings is 1. The van der Waals surface area contributed by atoms with Crippen LogP contribution in [0.1, 0.15) is 56.9 Å². The molecule has 0 aliphatic heterocycles. The van der Waals surface area contributed by atoms with Gasteiger partial charge in [0.05, 0.1) is 0 Å². The van der Waals surface area contributed by atoms with Crippen molar-refractivity contribution >= 4 is 0 Å². The van der Waals surface area contributed by atoms with Crippen LogP contribution in [0.15, 0.2) is 24.3 Å². The first-order chi connectivity index (χ1) is 9.24. The molecule has 1 N–H and O–H groups in total. The van der Waals surface area contributed by atoms with Crippen molar-refractivity contribution in [2.24, 2.45) is 5.92 Å². The van der Waals surface area contributed by atoms with Crippen molar-refractivity contribution in [1.82, 2.24) is 5.32 Å². The Bertz CT molecular complexity index is 421. The van der Waals surface area contributed by atoms with Crippen molar-refractivity contribution in [3.63, 3.8) is 0 Å². The zero-order valence-corrected chi connectivity index (χ0v) is 11.7. The molecule has 0 amide bonds. The molecule has 2 aliphatic rings. The van der Waals surface area contributed by atoms with Crippen LogP contribution in [-0.2, 0) is 0 Å². The maximum absolute atomic E-state index is 13.2. The van der Waals surface area contributed by atoms with E-state index in [0.717, 1.165) is 5.92 Å². The smallest absolute Gasteiger partial charge is 0.123 e. The van der Waals surface area contributed by atoms with Gasteiger partial charge in [0.2, 0.25) is 0 Å². The topological polar surface area (TPSA) is 12.0 Å². The fourth-order valence-electron chi connectivity index (χ4n) is 3.23. The lowest BCUT2D eigenvalue weighted by Gasteiger charge is -2.39. The first-order valence-corrected chi connectivity index (χ1v) is 7.76. The van der Waals surface area contributed by atoms with Gasteiger partial charge in [-0.05, 0) is 55.2 Å². The van der Waals surface area contributed by atoms with E-state index >= 15 is 0 Å². The summed E-state index contributed by atoms with van der Waals surface area (Å²) in [4.78, 5) is 0. The molecule has 1 unspecified atom stereocenters. The van der Waals surface area contributed by atoms with Crippen LogP contribution < -0.4 is 5.32 Å². The Morgan fingerprint density at radius 2 is 2.11 bits per heavy atom. The summed E-state index contributed by atoms with van der Waals surface area (Å²) in [6.07, 6.45) is 7.81. The Kier molecular flexibility index (Phi) is 3.88. The second-order valence-corrected chi connectivity index (χ2v) is 6.37. The third kappa shape index (κ3) is 3.36. The van der Waals surface area contributed by atoms with Gasteiger partial charge in [-0.2, -0.15) is 0 Å². The fourth-order valence-corrected chi connectivity index (χ4v) is 3.23. The standard InChI is InChI=1S/C17H24FN/c1-2-16(8-12-6-7-12)19-17-10-14(11-17)13-4-3-5-15(18)9-13/h3-5,9,12,14,16-17,19H,2,6-8,10-11H2,1H3. The van der Waals surface area contributed by atoms with Gasteiger partial charge in [-0.15, -0.1) is 0 Å². The molecule has 2 aliphatic carbocycles. The zero-order chi connectivity index (χ0) is 13.2. The Labute approximate surface area is 115 Å². The number of rotatable bonds is 6. The third-order valence-electron chi connectivity index (χ3n) is 4.74. The number of nitrogens with one attached hydrogen (secondary N) is 1. The second kappa shape index (κ2) is 5.62. The van der Waals surface area contributed by atoms with Gasteiger partial charge in [0, 0.05) is 12.1 Å². The molecule has 2 heteroatoms. The van der Waals surface area contributed by atoms with Crippen LogP contribution in [0.5, 0.6) is 0 Å². The van der Waals surface area contributed by atoms with Gasteiger partial charge >= 0.3 is 0 Å². The van der Waals surface area contributed by atoms with E-state index in [0.29, 0.717) is 18.0 Å². The first kappa shape index (κ1) is 13.1. The lowest BCUT2D eigenvalue weighted by molar-refractivity contribution is 0.252. The summed E-state index contributed by atoms with van der Waals surface area (Å²) >= 11 is 0. The Balaban J connectivity index is 1.46. The van der Waals surface area contributed by atoms with Crippen LogP contribution >= 0.6 is 0 Å². The first-order valence-electron chi connectivity index (χ1n) is 7.76. The fraction of sp³-hybridized carbons (Fsp3) is 0.647. The van der Waals surface area contributed by atoms with E-state index in [4.69, 9.17) is 0 Å². The number of hydrogen-bond acceptors (Lipinski definition) is 1. The molecular formula is C17H24FN. The molecule has 2 saturated carbocycles. The molecule has 2 fully saturated rings. The monoisotopic (exact) mass is 261 g/mol. The molecule has 0 aromatic heterocycles. The molecule has 0 heterocycles. The summed E-state index contributed by atoms with van der Waals surface area (Å²) in [6.45, 7) is 2.28. The highest BCUT2D eigenvalue weighted by molar-refractivity contribution is 5.23. The van der Waals surface area contributed by atoms with Gasteiger partial charge < -0.3 is 5.32 Å². The molecule has 3 rings (SSSR count). The van der Waals surface area contributed by atoms with Gasteiger partial charge in [0.15, 0.2) is 0 Å². The summed E-state index contributed by atoms with van der Waals surface area (Å²) in [5.41, 5.74) is 1.17. The Morgan fingerprint density at radius 3 is 2.74 bits per heavy atom. The molecule has 1 nitrogen and oxygen atoms in total. The average molecular weight is 261 g/mol. The minimum atomic E-state index is -0.103. The molecule has 19 heavy (non-hydrogen) atoms. The van der Waals surface area contributed by atoms with Crippen molar-refractivity contribution in [3.8, 4) is 0 Å². The van der Waals surface area contributed by atoms with Crippen molar-refractivity contribution in [2.45, 2.75) is 63.5 Å². The van der Waals surface area contributed by atoms with E-state index in [-0.39, 0.29) is 5.82 Å². The molecule has 104 valence electrons. The van der Waals surface area contributed by atoms with Crippen molar-refractivity contribution in [3.05, 3.63) is 35.6 Å². The highest BCUT2D eigenvalue weighted by atomic mass is 19.1. The molecule has 1 aromatic rings. The molecule has 0 spiro atoms. The van der Waals surface area contributed by atoms with Crippen LogP contribution in [0.25, 0.3) is 0 Å². The summed E-state index contributed by atoms with van der Waals surface area (Å²) in [7, 11) is 0. The van der Waals surface area contributed by atoms with Gasteiger partial charge in [-0.3, -0.25) is 0 Å². The van der Waals surface area contributed by atoms with Crippen molar-refractivity contribution in [2.75, 3.05) is 0 Å². The maximum atomic E-state index is 13.2. The van der Waals surface area contributed by atoms with Crippen molar-refractivity contribution in [1.29, 1.82) is 0 Å². The molecule has 0 radical (unpaired) electrons. The van der Waals surface area contributed by atoms with Crippen LogP contribution in [0.3, 0.4) is 0 Å². The van der Waals surface area contributed by atoms with E-state index in [1.54, 1.807) is 6.07 Å². The lowest BCUT2D eigenvalue weighted by Crippen LogP contribution is -2.45. The Morgan fingerprint density at radius 1 is 1.32 bits per heavy atom. The van der Waals surface area contributed by atoms with Gasteiger partial charge in [0.1, 0.15) is 5.82 Å². The maximum Gasteiger partial charge on any atom is 0.123 e. The number of halogens is 1. The van der Waals surface area contributed by atoms with Crippen molar-refractivity contribution < 1.29 is 4.39 Å². The molecule has 1 aromatic carbocycles. The summed E-state index contributed by atoms with van der Waals surface area (Å²) in [5, 5.41) is 3.80. The zero-order valence-electron chi connectivity index (χ0n) is 11.7. The minimum absolute atomic E-state index is 0.103. The molecule has 1 atom stereocenters. The largest absolute Gasteiger partial charge is 0.311 e. The average Bonchev–Trinajstić information content (AvgIpc) is 3.15. The quantitative estimate of drug-likeness (QED) is 0.807. The van der Waals surface area contributed by atoms with Crippen LogP contribution in [-0.4, -0.2) is 12.1 Å². The highest BCUT2D eigenvalue weighted by Crippen LogP contribution is 2.39. The highest BCUT2D eigenvalue weighted by Gasteiger charge is 2.33. The second-order valence-electron chi connectivity index (χ2n) is 6.37. The van der Waals surface area contributed by atoms with E-state index in [9.17, 15) is 4.39 Å². The predicted octanol–water partition coefficient (Wildman–Crippen LogP) is 4.24. The van der Waals surface area contributed by atoms with Gasteiger partial charge in [-0.1, -0.05) is 31.9 Å².